The molecule has 0 aromatic rings. The lowest BCUT2D eigenvalue weighted by Crippen LogP contribution is -2.20. The summed E-state index contributed by atoms with van der Waals surface area (Å²) in [4.78, 5) is 0. The van der Waals surface area contributed by atoms with Crippen LogP contribution in [0.3, 0.4) is 0 Å². The highest BCUT2D eigenvalue weighted by molar-refractivity contribution is 7.91. The average Bonchev–Trinajstić information content (AvgIpc) is 1.85. The maximum Gasteiger partial charge on any atom is 0.150 e. The molecular formula is C6H15NO2S. The Morgan fingerprint density at radius 3 is 2.30 bits per heavy atom. The van der Waals surface area contributed by atoms with E-state index in [9.17, 15) is 8.42 Å². The van der Waals surface area contributed by atoms with E-state index in [0.717, 1.165) is 0 Å². The van der Waals surface area contributed by atoms with Gasteiger partial charge in [0.25, 0.3) is 0 Å². The van der Waals surface area contributed by atoms with E-state index < -0.39 is 9.84 Å². The first kappa shape index (κ1) is 9.91. The first-order chi connectivity index (χ1) is 4.48. The van der Waals surface area contributed by atoms with E-state index in [1.54, 1.807) is 6.92 Å². The summed E-state index contributed by atoms with van der Waals surface area (Å²) in [5.74, 6) is 0.445. The van der Waals surface area contributed by atoms with E-state index in [-0.39, 0.29) is 17.5 Å². The van der Waals surface area contributed by atoms with Gasteiger partial charge in [0.15, 0.2) is 0 Å². The van der Waals surface area contributed by atoms with Crippen LogP contribution in [0.1, 0.15) is 20.3 Å². The fourth-order valence-corrected chi connectivity index (χ4v) is 1.53. The third-order valence-corrected chi connectivity index (χ3v) is 3.06. The summed E-state index contributed by atoms with van der Waals surface area (Å²) >= 11 is 0. The van der Waals surface area contributed by atoms with Gasteiger partial charge in [0.2, 0.25) is 0 Å². The molecular weight excluding hydrogens is 150 g/mol. The van der Waals surface area contributed by atoms with E-state index in [1.165, 1.54) is 0 Å². The van der Waals surface area contributed by atoms with E-state index in [4.69, 9.17) is 5.73 Å². The van der Waals surface area contributed by atoms with Gasteiger partial charge in [-0.1, -0.05) is 6.92 Å². The van der Waals surface area contributed by atoms with Gasteiger partial charge in [-0.15, -0.1) is 0 Å². The van der Waals surface area contributed by atoms with Crippen molar-refractivity contribution in [3.05, 3.63) is 0 Å². The predicted molar refractivity (Wildman–Crippen MR) is 42.6 cm³/mol. The van der Waals surface area contributed by atoms with Crippen LogP contribution in [0, 0.1) is 0 Å². The fourth-order valence-electron chi connectivity index (χ4n) is 0.510. The largest absolute Gasteiger partial charge is 0.328 e. The Hall–Kier alpha value is -0.0900. The molecule has 0 saturated carbocycles. The highest BCUT2D eigenvalue weighted by atomic mass is 32.2. The molecule has 62 valence electrons. The van der Waals surface area contributed by atoms with Crippen molar-refractivity contribution < 1.29 is 8.42 Å². The summed E-state index contributed by atoms with van der Waals surface area (Å²) in [7, 11) is -2.79. The average molecular weight is 165 g/mol. The van der Waals surface area contributed by atoms with Crippen molar-refractivity contribution in [1.82, 2.24) is 0 Å². The lowest BCUT2D eigenvalue weighted by molar-refractivity contribution is 0.588. The minimum atomic E-state index is -2.79. The van der Waals surface area contributed by atoms with Crippen LogP contribution in [0.15, 0.2) is 0 Å². The fraction of sp³-hybridized carbons (Fsp3) is 1.00. The normalized spacial score (nSPS) is 15.1. The number of sulfone groups is 1. The van der Waals surface area contributed by atoms with Gasteiger partial charge in [0.1, 0.15) is 9.84 Å². The maximum atomic E-state index is 10.8. The quantitative estimate of drug-likeness (QED) is 0.645. The van der Waals surface area contributed by atoms with Crippen molar-refractivity contribution >= 4 is 9.84 Å². The first-order valence-electron chi connectivity index (χ1n) is 3.44. The van der Waals surface area contributed by atoms with E-state index in [0.29, 0.717) is 6.42 Å². The number of rotatable bonds is 4. The van der Waals surface area contributed by atoms with Gasteiger partial charge in [0.05, 0.1) is 5.75 Å². The molecule has 1 unspecified atom stereocenters. The molecule has 0 aromatic carbocycles. The van der Waals surface area contributed by atoms with Gasteiger partial charge in [-0.2, -0.15) is 0 Å². The highest BCUT2D eigenvalue weighted by Crippen LogP contribution is 1.95. The predicted octanol–water partition coefficient (Wildman–Crippen LogP) is 0.158. The molecule has 0 spiro atoms. The molecule has 0 aliphatic rings. The molecule has 1 atom stereocenters. The zero-order chi connectivity index (χ0) is 8.20. The van der Waals surface area contributed by atoms with Gasteiger partial charge >= 0.3 is 0 Å². The number of nitrogens with two attached hydrogens (primary N) is 1. The van der Waals surface area contributed by atoms with E-state index >= 15 is 0 Å². The summed E-state index contributed by atoms with van der Waals surface area (Å²) in [6, 6.07) is -0.0127. The summed E-state index contributed by atoms with van der Waals surface area (Å²) in [6.45, 7) is 3.46. The topological polar surface area (TPSA) is 60.2 Å². The molecule has 0 bridgehead atoms. The maximum absolute atomic E-state index is 10.8. The van der Waals surface area contributed by atoms with Gasteiger partial charge in [-0.25, -0.2) is 8.42 Å². The van der Waals surface area contributed by atoms with Gasteiger partial charge in [-0.05, 0) is 13.3 Å². The second-order valence-corrected chi connectivity index (χ2v) is 4.98. The van der Waals surface area contributed by atoms with Crippen LogP contribution in [0.4, 0.5) is 0 Å². The Morgan fingerprint density at radius 1 is 1.50 bits per heavy atom. The molecule has 0 aliphatic carbocycles. The zero-order valence-electron chi connectivity index (χ0n) is 6.50. The second kappa shape index (κ2) is 3.93. The molecule has 0 rings (SSSR count). The molecule has 2 N–H and O–H groups in total. The Bertz CT molecular complexity index is 172. The molecule has 4 heteroatoms. The molecule has 3 nitrogen and oxygen atoms in total. The van der Waals surface area contributed by atoms with Crippen LogP contribution in [0.25, 0.3) is 0 Å². The third-order valence-electron chi connectivity index (χ3n) is 1.32. The lowest BCUT2D eigenvalue weighted by Gasteiger charge is -2.03. The van der Waals surface area contributed by atoms with Crippen molar-refractivity contribution in [2.75, 3.05) is 11.5 Å². The molecule has 0 amide bonds. The van der Waals surface area contributed by atoms with Crippen molar-refractivity contribution in [3.8, 4) is 0 Å². The molecule has 0 aliphatic heterocycles. The smallest absolute Gasteiger partial charge is 0.150 e. The zero-order valence-corrected chi connectivity index (χ0v) is 7.32. The van der Waals surface area contributed by atoms with Gasteiger partial charge in [0, 0.05) is 11.8 Å². The second-order valence-electron chi connectivity index (χ2n) is 2.50. The molecule has 0 radical (unpaired) electrons. The Morgan fingerprint density at radius 2 is 2.00 bits per heavy atom. The highest BCUT2D eigenvalue weighted by Gasteiger charge is 2.07. The van der Waals surface area contributed by atoms with E-state index in [2.05, 4.69) is 0 Å². The summed E-state index contributed by atoms with van der Waals surface area (Å²) in [5, 5.41) is 0. The third kappa shape index (κ3) is 4.76. The van der Waals surface area contributed by atoms with Crippen molar-refractivity contribution in [3.63, 3.8) is 0 Å². The number of hydrogen-bond acceptors (Lipinski definition) is 3. The summed E-state index contributed by atoms with van der Waals surface area (Å²) < 4.78 is 21.7. The van der Waals surface area contributed by atoms with Crippen LogP contribution >= 0.6 is 0 Å². The molecule has 0 saturated heterocycles. The minimum absolute atomic E-state index is 0.0127. The van der Waals surface area contributed by atoms with Crippen molar-refractivity contribution in [2.24, 2.45) is 5.73 Å². The SMILES string of the molecule is CCS(=O)(=O)CCC(C)N. The summed E-state index contributed by atoms with van der Waals surface area (Å²) in [5.41, 5.74) is 5.39. The Kier molecular flexibility index (Phi) is 3.89. The molecule has 10 heavy (non-hydrogen) atoms. The number of hydrogen-bond donors (Lipinski definition) is 1. The van der Waals surface area contributed by atoms with Crippen LogP contribution in [0.5, 0.6) is 0 Å². The monoisotopic (exact) mass is 165 g/mol. The van der Waals surface area contributed by atoms with Crippen LogP contribution < -0.4 is 5.73 Å². The van der Waals surface area contributed by atoms with Crippen LogP contribution in [-0.2, 0) is 9.84 Å². The van der Waals surface area contributed by atoms with Crippen LogP contribution in [-0.4, -0.2) is 26.0 Å². The van der Waals surface area contributed by atoms with Crippen molar-refractivity contribution in [2.45, 2.75) is 26.3 Å². The minimum Gasteiger partial charge on any atom is -0.328 e. The first-order valence-corrected chi connectivity index (χ1v) is 5.26. The molecule has 0 heterocycles. The van der Waals surface area contributed by atoms with Gasteiger partial charge < -0.3 is 5.73 Å². The molecule has 0 aromatic heterocycles. The van der Waals surface area contributed by atoms with E-state index in [1.807, 2.05) is 6.92 Å². The van der Waals surface area contributed by atoms with Gasteiger partial charge in [-0.3, -0.25) is 0 Å². The Balaban J connectivity index is 3.70. The Labute approximate surface area is 62.5 Å². The summed E-state index contributed by atoms with van der Waals surface area (Å²) in [6.07, 6.45) is 0.566. The molecule has 0 fully saturated rings. The van der Waals surface area contributed by atoms with Crippen LogP contribution in [0.2, 0.25) is 0 Å². The standard InChI is InChI=1S/C6H15NO2S/c1-3-10(8,9)5-4-6(2)7/h6H,3-5,7H2,1-2H3. The van der Waals surface area contributed by atoms with Crippen molar-refractivity contribution in [1.29, 1.82) is 0 Å². The lowest BCUT2D eigenvalue weighted by atomic mass is 10.3.